The summed E-state index contributed by atoms with van der Waals surface area (Å²) >= 11 is 0. The first kappa shape index (κ1) is 13.5. The van der Waals surface area contributed by atoms with Crippen LogP contribution in [0.15, 0.2) is 6.33 Å². The highest BCUT2D eigenvalue weighted by molar-refractivity contribution is 5.55. The van der Waals surface area contributed by atoms with Gasteiger partial charge in [-0.1, -0.05) is 0 Å². The number of fused-ring (bicyclic) bond motifs is 1. The Morgan fingerprint density at radius 1 is 1.38 bits per heavy atom. The van der Waals surface area contributed by atoms with Crippen LogP contribution in [0.1, 0.15) is 29.1 Å². The van der Waals surface area contributed by atoms with Gasteiger partial charge in [-0.25, -0.2) is 0 Å². The summed E-state index contributed by atoms with van der Waals surface area (Å²) in [5, 5.41) is 28.8. The van der Waals surface area contributed by atoms with E-state index in [1.165, 1.54) is 0 Å². The Balaban J connectivity index is 1.69. The van der Waals surface area contributed by atoms with Gasteiger partial charge in [-0.3, -0.25) is 0 Å². The number of aromatic nitrogens is 5. The molecule has 108 valence electrons. The standard InChI is InChI=1S/C14H17N7/c1-9-10(2)18-20-14(12(9)5-15)16-6-11-3-4-13-19-17-8-21(13)7-11/h8,11H,3-4,6-7H2,1-2H3,(H,16,20)/t11-/m1/s1. The van der Waals surface area contributed by atoms with Crippen LogP contribution in [-0.2, 0) is 13.0 Å². The third kappa shape index (κ3) is 2.57. The first-order valence-electron chi connectivity index (χ1n) is 7.03. The number of nitrogens with zero attached hydrogens (tertiary/aromatic N) is 6. The zero-order chi connectivity index (χ0) is 14.8. The van der Waals surface area contributed by atoms with Gasteiger partial charge in [0.1, 0.15) is 23.8 Å². The SMILES string of the molecule is Cc1nnc(NC[C@H]2CCc3nncn3C2)c(C#N)c1C. The zero-order valence-corrected chi connectivity index (χ0v) is 12.2. The van der Waals surface area contributed by atoms with E-state index in [-0.39, 0.29) is 0 Å². The van der Waals surface area contributed by atoms with Gasteiger partial charge in [-0.05, 0) is 31.7 Å². The van der Waals surface area contributed by atoms with Crippen molar-refractivity contribution < 1.29 is 0 Å². The first-order valence-corrected chi connectivity index (χ1v) is 7.03. The Kier molecular flexibility index (Phi) is 3.52. The molecule has 0 unspecified atom stereocenters. The van der Waals surface area contributed by atoms with E-state index >= 15 is 0 Å². The molecule has 0 aliphatic carbocycles. The largest absolute Gasteiger partial charge is 0.367 e. The van der Waals surface area contributed by atoms with Crippen LogP contribution in [0.5, 0.6) is 0 Å². The molecule has 0 amide bonds. The topological polar surface area (TPSA) is 92.3 Å². The number of hydrogen-bond acceptors (Lipinski definition) is 6. The van der Waals surface area contributed by atoms with E-state index in [2.05, 4.69) is 36.3 Å². The van der Waals surface area contributed by atoms with Crippen molar-refractivity contribution in [1.82, 2.24) is 25.0 Å². The summed E-state index contributed by atoms with van der Waals surface area (Å²) in [5.41, 5.74) is 2.27. The van der Waals surface area contributed by atoms with Crippen LogP contribution >= 0.6 is 0 Å². The quantitative estimate of drug-likeness (QED) is 0.910. The molecule has 0 spiro atoms. The first-order chi connectivity index (χ1) is 10.2. The number of nitrogens with one attached hydrogen (secondary N) is 1. The van der Waals surface area contributed by atoms with Crippen molar-refractivity contribution in [2.24, 2.45) is 5.92 Å². The third-order valence-corrected chi connectivity index (χ3v) is 4.05. The summed E-state index contributed by atoms with van der Waals surface area (Å²) in [6, 6.07) is 2.21. The Labute approximate surface area is 123 Å². The molecule has 1 atom stereocenters. The molecule has 0 saturated carbocycles. The average molecular weight is 283 g/mol. The Morgan fingerprint density at radius 2 is 2.24 bits per heavy atom. The molecular weight excluding hydrogens is 266 g/mol. The number of anilines is 1. The maximum atomic E-state index is 9.28. The number of aryl methyl sites for hydroxylation is 2. The van der Waals surface area contributed by atoms with E-state index in [1.807, 2.05) is 13.8 Å². The van der Waals surface area contributed by atoms with Crippen LogP contribution in [0, 0.1) is 31.1 Å². The molecule has 3 heterocycles. The minimum atomic E-state index is 0.475. The molecule has 0 aromatic carbocycles. The Hall–Kier alpha value is -2.49. The third-order valence-electron chi connectivity index (χ3n) is 4.05. The van der Waals surface area contributed by atoms with Crippen molar-refractivity contribution in [2.45, 2.75) is 33.2 Å². The van der Waals surface area contributed by atoms with Crippen molar-refractivity contribution in [2.75, 3.05) is 11.9 Å². The van der Waals surface area contributed by atoms with Crippen LogP contribution in [0.2, 0.25) is 0 Å². The van der Waals surface area contributed by atoms with E-state index in [0.29, 0.717) is 17.3 Å². The van der Waals surface area contributed by atoms with Crippen molar-refractivity contribution in [1.29, 1.82) is 5.26 Å². The van der Waals surface area contributed by atoms with E-state index in [9.17, 15) is 5.26 Å². The van der Waals surface area contributed by atoms with Gasteiger partial charge < -0.3 is 9.88 Å². The summed E-state index contributed by atoms with van der Waals surface area (Å²) in [4.78, 5) is 0. The fraction of sp³-hybridized carbons (Fsp3) is 0.500. The molecule has 0 fully saturated rings. The highest BCUT2D eigenvalue weighted by atomic mass is 15.3. The van der Waals surface area contributed by atoms with Crippen molar-refractivity contribution in [3.8, 4) is 6.07 Å². The maximum Gasteiger partial charge on any atom is 0.166 e. The average Bonchev–Trinajstić information content (AvgIpc) is 2.96. The predicted molar refractivity (Wildman–Crippen MR) is 76.5 cm³/mol. The number of rotatable bonds is 3. The normalized spacial score (nSPS) is 17.1. The van der Waals surface area contributed by atoms with Gasteiger partial charge in [0.15, 0.2) is 5.82 Å². The fourth-order valence-corrected chi connectivity index (χ4v) is 2.60. The molecule has 0 saturated heterocycles. The molecule has 21 heavy (non-hydrogen) atoms. The van der Waals surface area contributed by atoms with Gasteiger partial charge in [0.05, 0.1) is 5.69 Å². The second-order valence-corrected chi connectivity index (χ2v) is 5.43. The van der Waals surface area contributed by atoms with Gasteiger partial charge in [0.2, 0.25) is 0 Å². The van der Waals surface area contributed by atoms with Crippen LogP contribution in [0.4, 0.5) is 5.82 Å². The summed E-state index contributed by atoms with van der Waals surface area (Å²) in [6.45, 7) is 5.43. The second kappa shape index (κ2) is 5.48. The number of nitriles is 1. The van der Waals surface area contributed by atoms with Gasteiger partial charge in [0.25, 0.3) is 0 Å². The summed E-state index contributed by atoms with van der Waals surface area (Å²) in [6.07, 6.45) is 3.78. The van der Waals surface area contributed by atoms with Crippen LogP contribution < -0.4 is 5.32 Å². The van der Waals surface area contributed by atoms with E-state index < -0.39 is 0 Å². The summed E-state index contributed by atoms with van der Waals surface area (Å²) in [5.74, 6) is 2.11. The smallest absolute Gasteiger partial charge is 0.166 e. The summed E-state index contributed by atoms with van der Waals surface area (Å²) in [7, 11) is 0. The highest BCUT2D eigenvalue weighted by Crippen LogP contribution is 2.21. The number of hydrogen-bond donors (Lipinski definition) is 1. The highest BCUT2D eigenvalue weighted by Gasteiger charge is 2.20. The second-order valence-electron chi connectivity index (χ2n) is 5.43. The van der Waals surface area contributed by atoms with E-state index in [0.717, 1.165) is 43.0 Å². The molecule has 7 heteroatoms. The molecule has 3 rings (SSSR count). The van der Waals surface area contributed by atoms with Crippen molar-refractivity contribution >= 4 is 5.82 Å². The lowest BCUT2D eigenvalue weighted by Crippen LogP contribution is -2.26. The van der Waals surface area contributed by atoms with Gasteiger partial charge >= 0.3 is 0 Å². The molecular formula is C14H17N7. The predicted octanol–water partition coefficient (Wildman–Crippen LogP) is 1.23. The zero-order valence-electron chi connectivity index (χ0n) is 12.2. The monoisotopic (exact) mass is 283 g/mol. The summed E-state index contributed by atoms with van der Waals surface area (Å²) < 4.78 is 2.09. The van der Waals surface area contributed by atoms with Crippen molar-refractivity contribution in [3.05, 3.63) is 29.0 Å². The van der Waals surface area contributed by atoms with E-state index in [4.69, 9.17) is 0 Å². The molecule has 1 aliphatic rings. The molecule has 2 aromatic rings. The van der Waals surface area contributed by atoms with Crippen molar-refractivity contribution in [3.63, 3.8) is 0 Å². The van der Waals surface area contributed by atoms with Crippen LogP contribution in [-0.4, -0.2) is 31.5 Å². The lowest BCUT2D eigenvalue weighted by molar-refractivity contribution is 0.381. The van der Waals surface area contributed by atoms with Gasteiger partial charge in [-0.15, -0.1) is 15.3 Å². The molecule has 0 bridgehead atoms. The van der Waals surface area contributed by atoms with Gasteiger partial charge in [0, 0.05) is 19.5 Å². The lowest BCUT2D eigenvalue weighted by atomic mass is 9.99. The molecule has 2 aromatic heterocycles. The molecule has 1 N–H and O–H groups in total. The maximum absolute atomic E-state index is 9.28. The molecule has 7 nitrogen and oxygen atoms in total. The minimum Gasteiger partial charge on any atom is -0.367 e. The van der Waals surface area contributed by atoms with Gasteiger partial charge in [-0.2, -0.15) is 10.4 Å². The minimum absolute atomic E-state index is 0.475. The molecule has 1 aliphatic heterocycles. The Morgan fingerprint density at radius 3 is 3.05 bits per heavy atom. The lowest BCUT2D eigenvalue weighted by Gasteiger charge is -2.23. The van der Waals surface area contributed by atoms with Crippen LogP contribution in [0.3, 0.4) is 0 Å². The molecule has 0 radical (unpaired) electrons. The van der Waals surface area contributed by atoms with Crippen LogP contribution in [0.25, 0.3) is 0 Å². The fourth-order valence-electron chi connectivity index (χ4n) is 2.60. The Bertz CT molecular complexity index is 698. The van der Waals surface area contributed by atoms with E-state index in [1.54, 1.807) is 6.33 Å².